The molecule has 2 heterocycles. The molecule has 0 aromatic heterocycles. The zero-order valence-corrected chi connectivity index (χ0v) is 32.1. The number of likely N-dealkylation sites (N-methyl/N-ethyl adjacent to an activating group) is 2. The van der Waals surface area contributed by atoms with Gasteiger partial charge in [-0.3, -0.25) is 29.0 Å². The van der Waals surface area contributed by atoms with E-state index in [1.165, 1.54) is 41.2 Å². The van der Waals surface area contributed by atoms with E-state index in [0.29, 0.717) is 55.4 Å². The average molecular weight is 735 g/mol. The molecule has 0 unspecified atom stereocenters. The highest BCUT2D eigenvalue weighted by atomic mass is 16.5. The predicted octanol–water partition coefficient (Wildman–Crippen LogP) is 3.85. The molecule has 4 rings (SSSR count). The number of imide groups is 2. The van der Waals surface area contributed by atoms with Crippen LogP contribution in [0, 0.1) is 13.8 Å². The third-order valence-corrected chi connectivity index (χ3v) is 7.78. The Kier molecular flexibility index (Phi) is 18.8. The summed E-state index contributed by atoms with van der Waals surface area (Å²) in [7, 11) is 10.9. The van der Waals surface area contributed by atoms with Crippen LogP contribution in [0.15, 0.2) is 60.7 Å². The van der Waals surface area contributed by atoms with Crippen LogP contribution >= 0.6 is 0 Å². The molecule has 4 amide bonds. The first-order valence-electron chi connectivity index (χ1n) is 17.2. The first kappa shape index (κ1) is 43.9. The van der Waals surface area contributed by atoms with E-state index < -0.39 is 0 Å². The van der Waals surface area contributed by atoms with Crippen molar-refractivity contribution in [2.75, 3.05) is 81.8 Å². The second-order valence-electron chi connectivity index (χ2n) is 12.6. The van der Waals surface area contributed by atoms with Gasteiger partial charge in [0.05, 0.1) is 20.8 Å². The van der Waals surface area contributed by atoms with Crippen LogP contribution in [0.4, 0.5) is 0 Å². The maximum Gasteiger partial charge on any atom is 0.253 e. The molecule has 0 saturated carbocycles. The molecule has 0 spiro atoms. The van der Waals surface area contributed by atoms with Gasteiger partial charge in [0.1, 0.15) is 6.61 Å². The largest absolute Gasteiger partial charge is 0.504 e. The number of rotatable bonds is 12. The molecule has 2 aromatic rings. The third-order valence-electron chi connectivity index (χ3n) is 7.78. The normalized spacial score (nSPS) is 14.0. The molecule has 0 radical (unpaired) electrons. The number of carbonyl (C=O) groups excluding carboxylic acids is 4. The summed E-state index contributed by atoms with van der Waals surface area (Å²) in [6, 6.07) is 7.11. The lowest BCUT2D eigenvalue weighted by Gasteiger charge is -2.19. The summed E-state index contributed by atoms with van der Waals surface area (Å²) in [5.74, 6) is 0.509. The highest BCUT2D eigenvalue weighted by molar-refractivity contribution is 6.07. The molecule has 288 valence electrons. The average Bonchev–Trinajstić information content (AvgIpc) is 3.12. The lowest BCUT2D eigenvalue weighted by atomic mass is 10.1. The quantitative estimate of drug-likeness (QED) is 0.307. The molecule has 13 heteroatoms. The molecule has 0 fully saturated rings. The second kappa shape index (κ2) is 22.6. The number of hydrogen-bond acceptors (Lipinski definition) is 11. The van der Waals surface area contributed by atoms with Crippen molar-refractivity contribution in [3.63, 3.8) is 0 Å². The third kappa shape index (κ3) is 14.7. The van der Waals surface area contributed by atoms with Crippen molar-refractivity contribution in [3.05, 3.63) is 83.0 Å². The number of carbonyl (C=O) groups is 4. The van der Waals surface area contributed by atoms with Gasteiger partial charge < -0.3 is 34.2 Å². The number of ether oxygens (including phenoxy) is 3. The van der Waals surface area contributed by atoms with E-state index >= 15 is 0 Å². The summed E-state index contributed by atoms with van der Waals surface area (Å²) in [5, 5.41) is 18.0. The van der Waals surface area contributed by atoms with E-state index in [4.69, 9.17) is 19.3 Å². The van der Waals surface area contributed by atoms with E-state index in [9.17, 15) is 24.3 Å². The number of aromatic hydroxyl groups is 1. The van der Waals surface area contributed by atoms with Crippen LogP contribution in [0.2, 0.25) is 0 Å². The van der Waals surface area contributed by atoms with Crippen LogP contribution < -0.4 is 14.2 Å². The van der Waals surface area contributed by atoms with Gasteiger partial charge in [-0.25, -0.2) is 0 Å². The van der Waals surface area contributed by atoms with Gasteiger partial charge in [0.25, 0.3) is 23.6 Å². The van der Waals surface area contributed by atoms with E-state index in [-0.39, 0.29) is 36.0 Å². The van der Waals surface area contributed by atoms with Crippen molar-refractivity contribution < 1.29 is 43.6 Å². The van der Waals surface area contributed by atoms with Crippen LogP contribution in [0.5, 0.6) is 23.0 Å². The fourth-order valence-electron chi connectivity index (χ4n) is 4.89. The summed E-state index contributed by atoms with van der Waals surface area (Å²) in [5.41, 5.74) is 3.11. The van der Waals surface area contributed by atoms with Gasteiger partial charge >= 0.3 is 0 Å². The van der Waals surface area contributed by atoms with Crippen LogP contribution in [-0.2, 0) is 19.2 Å². The highest BCUT2D eigenvalue weighted by Crippen LogP contribution is 2.33. The number of amides is 4. The Bertz CT molecular complexity index is 1680. The molecule has 2 aliphatic rings. The van der Waals surface area contributed by atoms with E-state index in [1.54, 1.807) is 50.5 Å². The second-order valence-corrected chi connectivity index (χ2v) is 12.6. The first-order chi connectivity index (χ1) is 25.2. The van der Waals surface area contributed by atoms with Crippen LogP contribution in [-0.4, -0.2) is 135 Å². The van der Waals surface area contributed by atoms with Gasteiger partial charge in [0, 0.05) is 38.3 Å². The minimum Gasteiger partial charge on any atom is -0.504 e. The zero-order valence-electron chi connectivity index (χ0n) is 32.1. The fraction of sp³-hybridized carbons (Fsp3) is 0.400. The lowest BCUT2D eigenvalue weighted by Crippen LogP contribution is -2.37. The number of aliphatic hydroxyl groups is 1. The number of aryl methyl sites for hydroxylation is 2. The molecule has 53 heavy (non-hydrogen) atoms. The van der Waals surface area contributed by atoms with Crippen molar-refractivity contribution >= 4 is 35.8 Å². The Balaban J connectivity index is 0.000000323. The number of nitrogens with zero attached hydrogens (tertiary/aromatic N) is 4. The fourth-order valence-corrected chi connectivity index (χ4v) is 4.89. The number of benzene rings is 2. The lowest BCUT2D eigenvalue weighted by molar-refractivity contribution is -0.140. The number of phenols is 1. The van der Waals surface area contributed by atoms with Gasteiger partial charge in [-0.2, -0.15) is 0 Å². The van der Waals surface area contributed by atoms with E-state index in [0.717, 1.165) is 29.8 Å². The SMILES string of the molecule is CN(C)CCO.COc1cc(/C=C/C(=O)N2CCC=CC2=O)cc(C)c1O.COc1cc(/C=C/C(=O)N2CCC=CC2=O)cc(C)c1OCCN(C)C. The molecule has 0 bridgehead atoms. The Hall–Kier alpha value is -5.24. The van der Waals surface area contributed by atoms with Crippen molar-refractivity contribution in [1.82, 2.24) is 19.6 Å². The molecule has 0 saturated heterocycles. The van der Waals surface area contributed by atoms with Crippen LogP contribution in [0.1, 0.15) is 35.1 Å². The molecule has 2 aromatic carbocycles. The maximum absolute atomic E-state index is 12.2. The summed E-state index contributed by atoms with van der Waals surface area (Å²) < 4.78 is 16.3. The summed E-state index contributed by atoms with van der Waals surface area (Å²) in [4.78, 5) is 53.9. The number of methoxy groups -OCH3 is 2. The topological polar surface area (TPSA) is 149 Å². The molecule has 0 atom stereocenters. The Morgan fingerprint density at radius 3 is 1.64 bits per heavy atom. The van der Waals surface area contributed by atoms with Crippen molar-refractivity contribution in [2.24, 2.45) is 0 Å². The molecule has 0 aliphatic carbocycles. The van der Waals surface area contributed by atoms with Gasteiger partial charge in [-0.05, 0) is 126 Å². The molecular weight excluding hydrogens is 680 g/mol. The molecular formula is C40H54N4O9. The number of hydrogen-bond donors (Lipinski definition) is 2. The zero-order chi connectivity index (χ0) is 39.5. The number of phenolic OH excluding ortho intramolecular Hbond substituents is 1. The molecule has 2 N–H and O–H groups in total. The minimum absolute atomic E-state index is 0.0809. The standard InChI is InChI=1S/C20H26N2O4.C16H17NO4.C4H11NO/c1-15-13-16(8-9-19(24)22-10-6-5-7-18(22)23)14-17(25-4)20(15)26-12-11-21(2)3;1-11-9-12(10-13(21-2)16(11)20)6-7-15(19)17-8-4-3-5-14(17)18;1-5(2)3-4-6/h5,7-9,13-14H,6,10-12H2,1-4H3;3,5-7,9-10,20H,4,8H2,1-2H3;6H,3-4H2,1-2H3/b9-8+;7-6+;. The minimum atomic E-state index is -0.353. The summed E-state index contributed by atoms with van der Waals surface area (Å²) in [6.07, 6.45) is 13.8. The summed E-state index contributed by atoms with van der Waals surface area (Å²) in [6.45, 7) is 6.88. The molecule has 13 nitrogen and oxygen atoms in total. The van der Waals surface area contributed by atoms with Crippen LogP contribution in [0.3, 0.4) is 0 Å². The Morgan fingerprint density at radius 1 is 0.755 bits per heavy atom. The Labute approximate surface area is 313 Å². The van der Waals surface area contributed by atoms with Gasteiger partial charge in [0.2, 0.25) is 0 Å². The monoisotopic (exact) mass is 734 g/mol. The number of aliphatic hydroxyl groups excluding tert-OH is 1. The van der Waals surface area contributed by atoms with Crippen molar-refractivity contribution in [3.8, 4) is 23.0 Å². The van der Waals surface area contributed by atoms with Gasteiger partial charge in [-0.1, -0.05) is 12.2 Å². The van der Waals surface area contributed by atoms with Gasteiger partial charge in [0.15, 0.2) is 23.0 Å². The summed E-state index contributed by atoms with van der Waals surface area (Å²) >= 11 is 0. The maximum atomic E-state index is 12.2. The van der Waals surface area contributed by atoms with E-state index in [1.807, 2.05) is 57.0 Å². The van der Waals surface area contributed by atoms with E-state index in [2.05, 4.69) is 0 Å². The van der Waals surface area contributed by atoms with Gasteiger partial charge in [-0.15, -0.1) is 0 Å². The Morgan fingerprint density at radius 2 is 1.23 bits per heavy atom. The van der Waals surface area contributed by atoms with Crippen molar-refractivity contribution in [2.45, 2.75) is 26.7 Å². The smallest absolute Gasteiger partial charge is 0.253 e. The highest BCUT2D eigenvalue weighted by Gasteiger charge is 2.20. The van der Waals surface area contributed by atoms with Crippen LogP contribution in [0.25, 0.3) is 12.2 Å². The molecule has 2 aliphatic heterocycles. The van der Waals surface area contributed by atoms with Crippen molar-refractivity contribution in [1.29, 1.82) is 0 Å². The first-order valence-corrected chi connectivity index (χ1v) is 17.2. The predicted molar refractivity (Wildman–Crippen MR) is 206 cm³/mol.